The third-order valence-corrected chi connectivity index (χ3v) is 4.54. The molecule has 0 radical (unpaired) electrons. The van der Waals surface area contributed by atoms with Crippen LogP contribution in [0.5, 0.6) is 0 Å². The highest BCUT2D eigenvalue weighted by atomic mass is 16.5. The van der Waals surface area contributed by atoms with Gasteiger partial charge in [-0.2, -0.15) is 0 Å². The Hall–Kier alpha value is -1.40. The maximum Gasteiger partial charge on any atom is 0.289 e. The van der Waals surface area contributed by atoms with Gasteiger partial charge in [-0.15, -0.1) is 0 Å². The molecule has 6 heteroatoms. The third kappa shape index (κ3) is 2.33. The fraction of sp³-hybridized carbons (Fsp3) is 0.714. The van der Waals surface area contributed by atoms with E-state index in [0.29, 0.717) is 18.5 Å². The Kier molecular flexibility index (Phi) is 3.52. The summed E-state index contributed by atoms with van der Waals surface area (Å²) in [5, 5.41) is 6.52. The lowest BCUT2D eigenvalue weighted by molar-refractivity contribution is 0.0864. The lowest BCUT2D eigenvalue weighted by Gasteiger charge is -2.28. The lowest BCUT2D eigenvalue weighted by atomic mass is 9.81. The van der Waals surface area contributed by atoms with E-state index in [1.54, 1.807) is 6.07 Å². The SMILES string of the molecule is CC(C)N1C[C@@H]2COC[C@]2(CNC(=O)c2ccno2)C1. The Labute approximate surface area is 118 Å². The number of aromatic nitrogens is 1. The molecule has 3 heterocycles. The van der Waals surface area contributed by atoms with Crippen molar-refractivity contribution in [1.29, 1.82) is 0 Å². The zero-order chi connectivity index (χ0) is 14.2. The van der Waals surface area contributed by atoms with E-state index in [-0.39, 0.29) is 17.1 Å². The first kappa shape index (κ1) is 13.6. The molecule has 0 unspecified atom stereocenters. The van der Waals surface area contributed by atoms with Gasteiger partial charge in [-0.3, -0.25) is 9.69 Å². The van der Waals surface area contributed by atoms with Gasteiger partial charge in [0, 0.05) is 43.1 Å². The quantitative estimate of drug-likeness (QED) is 0.881. The summed E-state index contributed by atoms with van der Waals surface area (Å²) >= 11 is 0. The molecule has 0 bridgehead atoms. The van der Waals surface area contributed by atoms with Crippen LogP contribution in [0.25, 0.3) is 0 Å². The van der Waals surface area contributed by atoms with E-state index in [2.05, 4.69) is 29.2 Å². The molecule has 2 atom stereocenters. The monoisotopic (exact) mass is 279 g/mol. The van der Waals surface area contributed by atoms with Crippen molar-refractivity contribution in [2.75, 3.05) is 32.8 Å². The summed E-state index contributed by atoms with van der Waals surface area (Å²) in [7, 11) is 0. The van der Waals surface area contributed by atoms with E-state index in [1.165, 1.54) is 6.20 Å². The van der Waals surface area contributed by atoms with E-state index in [9.17, 15) is 4.79 Å². The number of hydrogen-bond donors (Lipinski definition) is 1. The molecule has 3 rings (SSSR count). The van der Waals surface area contributed by atoms with Crippen LogP contribution in [0, 0.1) is 11.3 Å². The topological polar surface area (TPSA) is 67.6 Å². The number of hydrogen-bond acceptors (Lipinski definition) is 5. The number of carbonyl (C=O) groups is 1. The molecule has 1 N–H and O–H groups in total. The van der Waals surface area contributed by atoms with Crippen LogP contribution in [-0.4, -0.2) is 54.9 Å². The second-order valence-electron chi connectivity index (χ2n) is 6.16. The zero-order valence-electron chi connectivity index (χ0n) is 12.0. The average molecular weight is 279 g/mol. The number of nitrogens with zero attached hydrogens (tertiary/aromatic N) is 2. The highest BCUT2D eigenvalue weighted by Gasteiger charge is 2.51. The van der Waals surface area contributed by atoms with Crippen molar-refractivity contribution >= 4 is 5.91 Å². The molecule has 6 nitrogen and oxygen atoms in total. The van der Waals surface area contributed by atoms with Crippen LogP contribution in [0.4, 0.5) is 0 Å². The minimum absolute atomic E-state index is 0.0416. The lowest BCUT2D eigenvalue weighted by Crippen LogP contribution is -2.43. The number of nitrogens with one attached hydrogen (secondary N) is 1. The summed E-state index contributed by atoms with van der Waals surface area (Å²) in [6.45, 7) is 8.59. The molecule has 0 saturated carbocycles. The van der Waals surface area contributed by atoms with Crippen molar-refractivity contribution < 1.29 is 14.1 Å². The smallest absolute Gasteiger partial charge is 0.289 e. The van der Waals surface area contributed by atoms with Crippen LogP contribution < -0.4 is 5.32 Å². The van der Waals surface area contributed by atoms with Crippen molar-refractivity contribution in [3.8, 4) is 0 Å². The van der Waals surface area contributed by atoms with E-state index >= 15 is 0 Å². The number of amides is 1. The second-order valence-corrected chi connectivity index (χ2v) is 6.16. The van der Waals surface area contributed by atoms with Crippen LogP contribution in [-0.2, 0) is 4.74 Å². The Morgan fingerprint density at radius 2 is 2.50 bits per heavy atom. The molecule has 1 amide bonds. The van der Waals surface area contributed by atoms with E-state index in [0.717, 1.165) is 26.3 Å². The Bertz CT molecular complexity index is 474. The highest BCUT2D eigenvalue weighted by molar-refractivity contribution is 5.91. The minimum Gasteiger partial charge on any atom is -0.380 e. The molecule has 1 aromatic rings. The number of fused-ring (bicyclic) bond motifs is 1. The summed E-state index contributed by atoms with van der Waals surface area (Å²) < 4.78 is 10.5. The minimum atomic E-state index is -0.203. The fourth-order valence-electron chi connectivity index (χ4n) is 3.19. The van der Waals surface area contributed by atoms with Crippen molar-refractivity contribution in [3.63, 3.8) is 0 Å². The molecule has 110 valence electrons. The number of carbonyl (C=O) groups excluding carboxylic acids is 1. The van der Waals surface area contributed by atoms with Gasteiger partial charge in [0.1, 0.15) is 0 Å². The third-order valence-electron chi connectivity index (χ3n) is 4.54. The molecular formula is C14H21N3O3. The standard InChI is InChI=1S/C14H21N3O3/c1-10(2)17-5-11-6-19-9-14(11,8-17)7-15-13(18)12-3-4-16-20-12/h3-4,10-11H,5-9H2,1-2H3,(H,15,18)/t11-,14+/m1/s1. The van der Waals surface area contributed by atoms with Gasteiger partial charge in [0.2, 0.25) is 5.76 Å². The number of rotatable bonds is 4. The predicted molar refractivity (Wildman–Crippen MR) is 72.3 cm³/mol. The van der Waals surface area contributed by atoms with Gasteiger partial charge < -0.3 is 14.6 Å². The summed E-state index contributed by atoms with van der Waals surface area (Å²) in [6.07, 6.45) is 1.48. The summed E-state index contributed by atoms with van der Waals surface area (Å²) in [4.78, 5) is 14.4. The summed E-state index contributed by atoms with van der Waals surface area (Å²) in [5.74, 6) is 0.557. The van der Waals surface area contributed by atoms with E-state index in [1.807, 2.05) is 0 Å². The molecular weight excluding hydrogens is 258 g/mol. The largest absolute Gasteiger partial charge is 0.380 e. The van der Waals surface area contributed by atoms with Crippen LogP contribution >= 0.6 is 0 Å². The first-order chi connectivity index (χ1) is 9.61. The first-order valence-corrected chi connectivity index (χ1v) is 7.11. The van der Waals surface area contributed by atoms with Gasteiger partial charge in [-0.25, -0.2) is 0 Å². The van der Waals surface area contributed by atoms with Crippen molar-refractivity contribution in [2.45, 2.75) is 19.9 Å². The Morgan fingerprint density at radius 1 is 1.65 bits per heavy atom. The predicted octanol–water partition coefficient (Wildman–Crippen LogP) is 0.761. The van der Waals surface area contributed by atoms with Gasteiger partial charge in [0.15, 0.2) is 0 Å². The van der Waals surface area contributed by atoms with E-state index < -0.39 is 0 Å². The van der Waals surface area contributed by atoms with Crippen LogP contribution in [0.3, 0.4) is 0 Å². The zero-order valence-corrected chi connectivity index (χ0v) is 12.0. The van der Waals surface area contributed by atoms with Crippen molar-refractivity contribution in [3.05, 3.63) is 18.0 Å². The van der Waals surface area contributed by atoms with Gasteiger partial charge in [-0.1, -0.05) is 5.16 Å². The molecule has 2 aliphatic rings. The molecule has 0 aliphatic carbocycles. The summed E-state index contributed by atoms with van der Waals surface area (Å²) in [6, 6.07) is 2.10. The van der Waals surface area contributed by atoms with Gasteiger partial charge in [0.05, 0.1) is 19.4 Å². The van der Waals surface area contributed by atoms with Crippen LogP contribution in [0.2, 0.25) is 0 Å². The maximum atomic E-state index is 12.0. The van der Waals surface area contributed by atoms with Gasteiger partial charge in [-0.05, 0) is 13.8 Å². The molecule has 0 aromatic carbocycles. The maximum absolute atomic E-state index is 12.0. The van der Waals surface area contributed by atoms with E-state index in [4.69, 9.17) is 9.26 Å². The first-order valence-electron chi connectivity index (χ1n) is 7.11. The van der Waals surface area contributed by atoms with Crippen molar-refractivity contribution in [1.82, 2.24) is 15.4 Å². The normalized spacial score (nSPS) is 29.9. The average Bonchev–Trinajstić information content (AvgIpc) is 3.10. The van der Waals surface area contributed by atoms with Crippen LogP contribution in [0.1, 0.15) is 24.4 Å². The molecule has 1 aromatic heterocycles. The Balaban J connectivity index is 1.64. The summed E-state index contributed by atoms with van der Waals surface area (Å²) in [5.41, 5.74) is 0.0416. The molecule has 2 saturated heterocycles. The molecule has 2 fully saturated rings. The van der Waals surface area contributed by atoms with Crippen molar-refractivity contribution in [2.24, 2.45) is 11.3 Å². The molecule has 2 aliphatic heterocycles. The molecule has 0 spiro atoms. The second kappa shape index (κ2) is 5.18. The number of likely N-dealkylation sites (tertiary alicyclic amines) is 1. The van der Waals surface area contributed by atoms with Gasteiger partial charge in [0.25, 0.3) is 5.91 Å². The van der Waals surface area contributed by atoms with Gasteiger partial charge >= 0.3 is 0 Å². The van der Waals surface area contributed by atoms with Crippen LogP contribution in [0.15, 0.2) is 16.8 Å². The fourth-order valence-corrected chi connectivity index (χ4v) is 3.19. The molecule has 20 heavy (non-hydrogen) atoms. The number of ether oxygens (including phenoxy) is 1. The Morgan fingerprint density at radius 3 is 3.20 bits per heavy atom. The highest BCUT2D eigenvalue weighted by Crippen LogP contribution is 2.41.